The Morgan fingerprint density at radius 2 is 2.05 bits per heavy atom. The minimum absolute atomic E-state index is 0.0393. The van der Waals surface area contributed by atoms with Gasteiger partial charge >= 0.3 is 5.97 Å². The van der Waals surface area contributed by atoms with Gasteiger partial charge in [-0.05, 0) is 25.0 Å². The second-order valence-corrected chi connectivity index (χ2v) is 5.42. The first-order valence-corrected chi connectivity index (χ1v) is 7.26. The van der Waals surface area contributed by atoms with E-state index in [1.807, 2.05) is 37.3 Å². The van der Waals surface area contributed by atoms with E-state index in [0.717, 1.165) is 5.75 Å². The van der Waals surface area contributed by atoms with Crippen LogP contribution in [0.2, 0.25) is 0 Å². The molecular formula is C16H21NO4. The Hall–Kier alpha value is -2.04. The molecule has 21 heavy (non-hydrogen) atoms. The maximum Gasteiger partial charge on any atom is 0.311 e. The second-order valence-electron chi connectivity index (χ2n) is 5.42. The number of para-hydroxylation sites is 1. The highest BCUT2D eigenvalue weighted by atomic mass is 16.5. The van der Waals surface area contributed by atoms with E-state index in [2.05, 4.69) is 0 Å². The molecule has 0 saturated carbocycles. The lowest BCUT2D eigenvalue weighted by molar-refractivity contribution is -0.148. The van der Waals surface area contributed by atoms with Gasteiger partial charge in [0.1, 0.15) is 5.75 Å². The molecule has 0 spiro atoms. The fraction of sp³-hybridized carbons (Fsp3) is 0.500. The molecule has 1 aromatic rings. The number of hydrogen-bond acceptors (Lipinski definition) is 3. The van der Waals surface area contributed by atoms with Gasteiger partial charge in [0.25, 0.3) is 0 Å². The summed E-state index contributed by atoms with van der Waals surface area (Å²) in [7, 11) is 0. The van der Waals surface area contributed by atoms with Gasteiger partial charge in [0, 0.05) is 13.1 Å². The Labute approximate surface area is 124 Å². The number of benzene rings is 1. The van der Waals surface area contributed by atoms with Crippen LogP contribution in [-0.4, -0.2) is 41.6 Å². The van der Waals surface area contributed by atoms with Crippen LogP contribution in [0.1, 0.15) is 26.2 Å². The quantitative estimate of drug-likeness (QED) is 0.872. The van der Waals surface area contributed by atoms with Crippen LogP contribution in [0, 0.1) is 5.41 Å². The predicted molar refractivity (Wildman–Crippen MR) is 78.1 cm³/mol. The number of aliphatic carboxylic acids is 1. The predicted octanol–water partition coefficient (Wildman–Crippen LogP) is 2.17. The van der Waals surface area contributed by atoms with Crippen molar-refractivity contribution >= 4 is 11.9 Å². The summed E-state index contributed by atoms with van der Waals surface area (Å²) in [5.41, 5.74) is -0.768. The molecule has 2 rings (SSSR count). The average molecular weight is 291 g/mol. The molecule has 1 saturated heterocycles. The molecule has 1 aromatic carbocycles. The Balaban J connectivity index is 1.81. The topological polar surface area (TPSA) is 66.8 Å². The van der Waals surface area contributed by atoms with Crippen molar-refractivity contribution in [2.75, 3.05) is 19.7 Å². The summed E-state index contributed by atoms with van der Waals surface area (Å²) < 4.78 is 5.50. The molecule has 114 valence electrons. The minimum atomic E-state index is -0.805. The van der Waals surface area contributed by atoms with Crippen LogP contribution in [-0.2, 0) is 9.59 Å². The van der Waals surface area contributed by atoms with Gasteiger partial charge in [-0.25, -0.2) is 0 Å². The smallest absolute Gasteiger partial charge is 0.311 e. The fourth-order valence-electron chi connectivity index (χ4n) is 2.63. The van der Waals surface area contributed by atoms with Gasteiger partial charge in [0.2, 0.25) is 5.91 Å². The van der Waals surface area contributed by atoms with Crippen molar-refractivity contribution in [1.29, 1.82) is 0 Å². The standard InChI is InChI=1S/C16H21NO4/c1-2-16(15(19)20)9-10-17(12-16)14(18)8-11-21-13-6-4-3-5-7-13/h3-7H,2,8-12H2,1H3,(H,19,20). The van der Waals surface area contributed by atoms with Crippen LogP contribution in [0.3, 0.4) is 0 Å². The van der Waals surface area contributed by atoms with Gasteiger partial charge in [-0.2, -0.15) is 0 Å². The van der Waals surface area contributed by atoms with Crippen molar-refractivity contribution in [2.45, 2.75) is 26.2 Å². The molecule has 1 atom stereocenters. The van der Waals surface area contributed by atoms with Gasteiger partial charge in [-0.15, -0.1) is 0 Å². The van der Waals surface area contributed by atoms with E-state index >= 15 is 0 Å². The van der Waals surface area contributed by atoms with Gasteiger partial charge in [-0.3, -0.25) is 9.59 Å². The lowest BCUT2D eigenvalue weighted by Gasteiger charge is -2.23. The van der Waals surface area contributed by atoms with Crippen LogP contribution in [0.25, 0.3) is 0 Å². The first-order valence-electron chi connectivity index (χ1n) is 7.26. The SMILES string of the molecule is CCC1(C(=O)O)CCN(C(=O)CCOc2ccccc2)C1. The summed E-state index contributed by atoms with van der Waals surface area (Å²) in [6.07, 6.45) is 1.35. The van der Waals surface area contributed by atoms with Crippen molar-refractivity contribution in [3.8, 4) is 5.75 Å². The summed E-state index contributed by atoms with van der Waals surface area (Å²) >= 11 is 0. The van der Waals surface area contributed by atoms with Crippen molar-refractivity contribution in [3.05, 3.63) is 30.3 Å². The van der Waals surface area contributed by atoms with E-state index in [-0.39, 0.29) is 12.3 Å². The molecule has 5 nitrogen and oxygen atoms in total. The number of nitrogens with zero attached hydrogens (tertiary/aromatic N) is 1. The lowest BCUT2D eigenvalue weighted by Crippen LogP contribution is -2.36. The third kappa shape index (κ3) is 3.54. The second kappa shape index (κ2) is 6.61. The van der Waals surface area contributed by atoms with Gasteiger partial charge in [0.15, 0.2) is 0 Å². The van der Waals surface area contributed by atoms with E-state index < -0.39 is 11.4 Å². The zero-order chi connectivity index (χ0) is 15.3. The van der Waals surface area contributed by atoms with Crippen molar-refractivity contribution in [2.24, 2.45) is 5.41 Å². The fourth-order valence-corrected chi connectivity index (χ4v) is 2.63. The molecule has 1 heterocycles. The third-order valence-corrected chi connectivity index (χ3v) is 4.16. The number of carbonyl (C=O) groups is 2. The van der Waals surface area contributed by atoms with E-state index in [1.54, 1.807) is 4.90 Å². The minimum Gasteiger partial charge on any atom is -0.493 e. The summed E-state index contributed by atoms with van der Waals surface area (Å²) in [5, 5.41) is 9.33. The summed E-state index contributed by atoms with van der Waals surface area (Å²) in [4.78, 5) is 25.1. The number of hydrogen-bond donors (Lipinski definition) is 1. The Bertz CT molecular complexity index is 502. The number of likely N-dealkylation sites (tertiary alicyclic amines) is 1. The number of carboxylic acids is 1. The van der Waals surface area contributed by atoms with E-state index in [4.69, 9.17) is 4.74 Å². The molecule has 1 amide bonds. The molecule has 0 aromatic heterocycles. The molecule has 1 unspecified atom stereocenters. The number of ether oxygens (including phenoxy) is 1. The summed E-state index contributed by atoms with van der Waals surface area (Å²) in [6.45, 7) is 3.00. The van der Waals surface area contributed by atoms with Crippen LogP contribution in [0.15, 0.2) is 30.3 Å². The van der Waals surface area contributed by atoms with Crippen LogP contribution in [0.5, 0.6) is 5.75 Å². The highest BCUT2D eigenvalue weighted by Crippen LogP contribution is 2.34. The maximum atomic E-state index is 12.1. The van der Waals surface area contributed by atoms with E-state index in [0.29, 0.717) is 32.5 Å². The van der Waals surface area contributed by atoms with Crippen molar-refractivity contribution in [1.82, 2.24) is 4.90 Å². The van der Waals surface area contributed by atoms with Gasteiger partial charge < -0.3 is 14.7 Å². The van der Waals surface area contributed by atoms with E-state index in [9.17, 15) is 14.7 Å². The zero-order valence-corrected chi connectivity index (χ0v) is 12.2. The number of rotatable bonds is 6. The highest BCUT2D eigenvalue weighted by Gasteiger charge is 2.44. The van der Waals surface area contributed by atoms with Crippen LogP contribution in [0.4, 0.5) is 0 Å². The molecule has 1 N–H and O–H groups in total. The average Bonchev–Trinajstić information content (AvgIpc) is 2.94. The van der Waals surface area contributed by atoms with Crippen molar-refractivity contribution in [3.63, 3.8) is 0 Å². The Kier molecular flexibility index (Phi) is 4.83. The van der Waals surface area contributed by atoms with Crippen molar-refractivity contribution < 1.29 is 19.4 Å². The summed E-state index contributed by atoms with van der Waals surface area (Å²) in [5.74, 6) is -0.108. The Morgan fingerprint density at radius 3 is 2.62 bits per heavy atom. The highest BCUT2D eigenvalue weighted by molar-refractivity contribution is 5.80. The van der Waals surface area contributed by atoms with E-state index in [1.165, 1.54) is 0 Å². The summed E-state index contributed by atoms with van der Waals surface area (Å²) in [6, 6.07) is 9.33. The molecular weight excluding hydrogens is 270 g/mol. The number of carboxylic acid groups (broad SMARTS) is 1. The van der Waals surface area contributed by atoms with Crippen LogP contribution >= 0.6 is 0 Å². The zero-order valence-electron chi connectivity index (χ0n) is 12.2. The molecule has 1 aliphatic rings. The lowest BCUT2D eigenvalue weighted by atomic mass is 9.84. The van der Waals surface area contributed by atoms with Gasteiger partial charge in [-0.1, -0.05) is 25.1 Å². The molecule has 5 heteroatoms. The Morgan fingerprint density at radius 1 is 1.33 bits per heavy atom. The first-order chi connectivity index (χ1) is 10.1. The number of carbonyl (C=O) groups excluding carboxylic acids is 1. The molecule has 0 aliphatic carbocycles. The van der Waals surface area contributed by atoms with Gasteiger partial charge in [0.05, 0.1) is 18.4 Å². The molecule has 0 radical (unpaired) electrons. The molecule has 1 fully saturated rings. The monoisotopic (exact) mass is 291 g/mol. The number of amides is 1. The van der Waals surface area contributed by atoms with Crippen LogP contribution < -0.4 is 4.74 Å². The largest absolute Gasteiger partial charge is 0.493 e. The normalized spacial score (nSPS) is 21.3. The maximum absolute atomic E-state index is 12.1. The first kappa shape index (κ1) is 15.4. The molecule has 0 bridgehead atoms. The molecule has 1 aliphatic heterocycles. The third-order valence-electron chi connectivity index (χ3n) is 4.16.